The van der Waals surface area contributed by atoms with Crippen LogP contribution in [0.15, 0.2) is 48.5 Å². The molecule has 23 heavy (non-hydrogen) atoms. The molecule has 1 aliphatic rings. The van der Waals surface area contributed by atoms with Crippen LogP contribution in [0.25, 0.3) is 0 Å². The van der Waals surface area contributed by atoms with Crippen LogP contribution in [0, 0.1) is 0 Å². The molecule has 1 atom stereocenters. The molecule has 0 fully saturated rings. The van der Waals surface area contributed by atoms with E-state index in [1.54, 1.807) is 11.8 Å². The number of halogens is 1. The number of hydrogen-bond acceptors (Lipinski definition) is 3. The fourth-order valence-corrected chi connectivity index (χ4v) is 3.72. The van der Waals surface area contributed by atoms with Gasteiger partial charge in [0.1, 0.15) is 5.75 Å². The van der Waals surface area contributed by atoms with Crippen LogP contribution in [0.5, 0.6) is 5.75 Å². The van der Waals surface area contributed by atoms with E-state index < -0.39 is 0 Å². The first-order chi connectivity index (χ1) is 11.2. The van der Waals surface area contributed by atoms with Gasteiger partial charge in [0.25, 0.3) is 0 Å². The highest BCUT2D eigenvalue weighted by Gasteiger charge is 2.22. The van der Waals surface area contributed by atoms with Crippen molar-refractivity contribution in [3.63, 3.8) is 0 Å². The van der Waals surface area contributed by atoms with Crippen LogP contribution in [0.4, 0.5) is 0 Å². The summed E-state index contributed by atoms with van der Waals surface area (Å²) in [5, 5.41) is 3.85. The SMILES string of the molecule is O=C(CSCc1ccccc1Cl)N[C@@H]1CCOc2ccccc21. The molecule has 120 valence electrons. The Morgan fingerprint density at radius 2 is 2.00 bits per heavy atom. The summed E-state index contributed by atoms with van der Waals surface area (Å²) < 4.78 is 5.62. The minimum absolute atomic E-state index is 0.0355. The summed E-state index contributed by atoms with van der Waals surface area (Å²) >= 11 is 7.69. The number of para-hydroxylation sites is 1. The molecule has 0 aromatic heterocycles. The lowest BCUT2D eigenvalue weighted by atomic mass is 10.0. The fourth-order valence-electron chi connectivity index (χ4n) is 2.60. The van der Waals surface area contributed by atoms with Crippen molar-refractivity contribution in [1.29, 1.82) is 0 Å². The molecule has 3 nitrogen and oxygen atoms in total. The van der Waals surface area contributed by atoms with E-state index in [1.807, 2.05) is 48.5 Å². The van der Waals surface area contributed by atoms with Gasteiger partial charge >= 0.3 is 0 Å². The molecular formula is C18H18ClNO2S. The molecule has 0 saturated carbocycles. The summed E-state index contributed by atoms with van der Waals surface area (Å²) in [5.74, 6) is 2.07. The topological polar surface area (TPSA) is 38.3 Å². The number of fused-ring (bicyclic) bond motifs is 1. The van der Waals surface area contributed by atoms with Crippen molar-refractivity contribution in [2.75, 3.05) is 12.4 Å². The lowest BCUT2D eigenvalue weighted by Gasteiger charge is -2.26. The molecule has 2 aromatic rings. The first-order valence-electron chi connectivity index (χ1n) is 7.56. The molecule has 3 rings (SSSR count). The molecule has 0 saturated heterocycles. The smallest absolute Gasteiger partial charge is 0.230 e. The van der Waals surface area contributed by atoms with Gasteiger partial charge in [-0.05, 0) is 17.7 Å². The van der Waals surface area contributed by atoms with Gasteiger partial charge in [-0.1, -0.05) is 48.0 Å². The van der Waals surface area contributed by atoms with E-state index >= 15 is 0 Å². The maximum Gasteiger partial charge on any atom is 0.230 e. The number of benzene rings is 2. The van der Waals surface area contributed by atoms with Crippen molar-refractivity contribution < 1.29 is 9.53 Å². The zero-order valence-electron chi connectivity index (χ0n) is 12.6. The summed E-state index contributed by atoms with van der Waals surface area (Å²) in [7, 11) is 0. The average molecular weight is 348 g/mol. The predicted octanol–water partition coefficient (Wildman–Crippen LogP) is 4.21. The first kappa shape index (κ1) is 16.2. The van der Waals surface area contributed by atoms with E-state index in [0.717, 1.165) is 34.1 Å². The summed E-state index contributed by atoms with van der Waals surface area (Å²) in [4.78, 5) is 12.2. The first-order valence-corrected chi connectivity index (χ1v) is 9.09. The van der Waals surface area contributed by atoms with E-state index in [0.29, 0.717) is 12.4 Å². The third kappa shape index (κ3) is 4.21. The van der Waals surface area contributed by atoms with E-state index in [4.69, 9.17) is 16.3 Å². The highest BCUT2D eigenvalue weighted by molar-refractivity contribution is 7.99. The maximum atomic E-state index is 12.2. The van der Waals surface area contributed by atoms with Gasteiger partial charge in [0.15, 0.2) is 0 Å². The Balaban J connectivity index is 1.52. The second kappa shape index (κ2) is 7.75. The lowest BCUT2D eigenvalue weighted by Crippen LogP contribution is -2.33. The molecule has 0 bridgehead atoms. The van der Waals surface area contributed by atoms with Crippen molar-refractivity contribution in [1.82, 2.24) is 5.32 Å². The average Bonchev–Trinajstić information content (AvgIpc) is 2.57. The fraction of sp³-hybridized carbons (Fsp3) is 0.278. The molecule has 2 aromatic carbocycles. The van der Waals surface area contributed by atoms with Gasteiger partial charge in [0.05, 0.1) is 18.4 Å². The molecule has 5 heteroatoms. The van der Waals surface area contributed by atoms with E-state index in [9.17, 15) is 4.79 Å². The van der Waals surface area contributed by atoms with Crippen LogP contribution < -0.4 is 10.1 Å². The van der Waals surface area contributed by atoms with Gasteiger partial charge in [0.2, 0.25) is 5.91 Å². The number of amides is 1. The minimum atomic E-state index is 0.0355. The van der Waals surface area contributed by atoms with E-state index in [1.165, 1.54) is 0 Å². The second-order valence-electron chi connectivity index (χ2n) is 5.38. The van der Waals surface area contributed by atoms with Crippen molar-refractivity contribution in [3.8, 4) is 5.75 Å². The van der Waals surface area contributed by atoms with Gasteiger partial charge in [-0.25, -0.2) is 0 Å². The number of ether oxygens (including phenoxy) is 1. The van der Waals surface area contributed by atoms with Gasteiger partial charge < -0.3 is 10.1 Å². The highest BCUT2D eigenvalue weighted by atomic mass is 35.5. The number of nitrogens with one attached hydrogen (secondary N) is 1. The summed E-state index contributed by atoms with van der Waals surface area (Å²) in [6.45, 7) is 0.634. The van der Waals surface area contributed by atoms with E-state index in [-0.39, 0.29) is 11.9 Å². The molecule has 0 aliphatic carbocycles. The Kier molecular flexibility index (Phi) is 5.47. The summed E-state index contributed by atoms with van der Waals surface area (Å²) in [6.07, 6.45) is 0.804. The normalized spacial score (nSPS) is 16.3. The molecular weight excluding hydrogens is 330 g/mol. The standard InChI is InChI=1S/C18H18ClNO2S/c19-15-7-3-1-5-13(15)11-23-12-18(21)20-16-9-10-22-17-8-4-2-6-14(16)17/h1-8,16H,9-12H2,(H,20,21)/t16-/m1/s1. The van der Waals surface area contributed by atoms with Crippen molar-refractivity contribution in [2.24, 2.45) is 0 Å². The van der Waals surface area contributed by atoms with Crippen molar-refractivity contribution in [2.45, 2.75) is 18.2 Å². The maximum absolute atomic E-state index is 12.2. The Hall–Kier alpha value is -1.65. The van der Waals surface area contributed by atoms with Gasteiger partial charge in [0, 0.05) is 22.8 Å². The lowest BCUT2D eigenvalue weighted by molar-refractivity contribution is -0.119. The van der Waals surface area contributed by atoms with Gasteiger partial charge in [-0.3, -0.25) is 4.79 Å². The molecule has 1 aliphatic heterocycles. The Morgan fingerprint density at radius 1 is 1.22 bits per heavy atom. The second-order valence-corrected chi connectivity index (χ2v) is 6.77. The van der Waals surface area contributed by atoms with Crippen LogP contribution in [-0.4, -0.2) is 18.3 Å². The quantitative estimate of drug-likeness (QED) is 0.880. The van der Waals surface area contributed by atoms with Gasteiger partial charge in [-0.2, -0.15) is 0 Å². The number of rotatable bonds is 5. The Labute approximate surface area is 145 Å². The third-order valence-electron chi connectivity index (χ3n) is 3.74. The monoisotopic (exact) mass is 347 g/mol. The molecule has 0 spiro atoms. The van der Waals surface area contributed by atoms with Crippen LogP contribution in [-0.2, 0) is 10.5 Å². The predicted molar refractivity (Wildman–Crippen MR) is 95.1 cm³/mol. The number of carbonyl (C=O) groups is 1. The number of thioether (sulfide) groups is 1. The van der Waals surface area contributed by atoms with Crippen LogP contribution in [0.2, 0.25) is 5.02 Å². The van der Waals surface area contributed by atoms with Crippen molar-refractivity contribution >= 4 is 29.3 Å². The zero-order chi connectivity index (χ0) is 16.1. The largest absolute Gasteiger partial charge is 0.493 e. The van der Waals surface area contributed by atoms with Gasteiger partial charge in [-0.15, -0.1) is 11.8 Å². The Morgan fingerprint density at radius 3 is 2.87 bits per heavy atom. The van der Waals surface area contributed by atoms with Crippen LogP contribution in [0.3, 0.4) is 0 Å². The zero-order valence-corrected chi connectivity index (χ0v) is 14.2. The summed E-state index contributed by atoms with van der Waals surface area (Å²) in [5.41, 5.74) is 2.12. The molecule has 0 unspecified atom stereocenters. The molecule has 0 radical (unpaired) electrons. The van der Waals surface area contributed by atoms with Crippen molar-refractivity contribution in [3.05, 3.63) is 64.7 Å². The molecule has 1 N–H and O–H groups in total. The number of carbonyl (C=O) groups excluding carboxylic acids is 1. The minimum Gasteiger partial charge on any atom is -0.493 e. The van der Waals surface area contributed by atoms with Crippen LogP contribution >= 0.6 is 23.4 Å². The van der Waals surface area contributed by atoms with Crippen LogP contribution in [0.1, 0.15) is 23.6 Å². The number of hydrogen-bond donors (Lipinski definition) is 1. The van der Waals surface area contributed by atoms with E-state index in [2.05, 4.69) is 5.32 Å². The Bertz CT molecular complexity index is 692. The molecule has 1 heterocycles. The summed E-state index contributed by atoms with van der Waals surface area (Å²) in [6, 6.07) is 15.6. The highest BCUT2D eigenvalue weighted by Crippen LogP contribution is 2.31. The third-order valence-corrected chi connectivity index (χ3v) is 5.09. The molecule has 1 amide bonds.